The van der Waals surface area contributed by atoms with Crippen LogP contribution in [-0.2, 0) is 11.8 Å². The molecule has 2 aliphatic rings. The Morgan fingerprint density at radius 3 is 2.83 bits per heavy atom. The van der Waals surface area contributed by atoms with E-state index in [1.807, 2.05) is 13.2 Å². The molecule has 0 saturated carbocycles. The Morgan fingerprint density at radius 2 is 2.13 bits per heavy atom. The van der Waals surface area contributed by atoms with Crippen LogP contribution in [0.25, 0.3) is 0 Å². The van der Waals surface area contributed by atoms with Crippen molar-refractivity contribution >= 4 is 5.91 Å². The SMILES string of the molecule is CN1CCC(CCNC(=O)c2cn(C)nc2[C@@H]2CCOC2)CC1. The van der Waals surface area contributed by atoms with Crippen LogP contribution in [0.4, 0.5) is 0 Å². The molecule has 23 heavy (non-hydrogen) atoms. The van der Waals surface area contributed by atoms with E-state index in [1.165, 1.54) is 25.9 Å². The van der Waals surface area contributed by atoms with E-state index >= 15 is 0 Å². The van der Waals surface area contributed by atoms with Gasteiger partial charge in [0.25, 0.3) is 5.91 Å². The van der Waals surface area contributed by atoms with Crippen molar-refractivity contribution in [2.24, 2.45) is 13.0 Å². The van der Waals surface area contributed by atoms with E-state index in [0.29, 0.717) is 12.2 Å². The number of carbonyl (C=O) groups excluding carboxylic acids is 1. The number of rotatable bonds is 5. The second-order valence-corrected chi connectivity index (χ2v) is 6.95. The highest BCUT2D eigenvalue weighted by atomic mass is 16.5. The van der Waals surface area contributed by atoms with Gasteiger partial charge in [-0.2, -0.15) is 5.10 Å². The van der Waals surface area contributed by atoms with Gasteiger partial charge in [0.15, 0.2) is 0 Å². The predicted octanol–water partition coefficient (Wildman–Crippen LogP) is 1.39. The molecule has 0 radical (unpaired) electrons. The summed E-state index contributed by atoms with van der Waals surface area (Å²) in [5.74, 6) is 1.00. The lowest BCUT2D eigenvalue weighted by molar-refractivity contribution is 0.0947. The molecule has 0 bridgehead atoms. The first-order chi connectivity index (χ1) is 11.1. The Morgan fingerprint density at radius 1 is 1.35 bits per heavy atom. The maximum atomic E-state index is 12.5. The van der Waals surface area contributed by atoms with Crippen LogP contribution in [-0.4, -0.2) is 60.5 Å². The van der Waals surface area contributed by atoms with E-state index < -0.39 is 0 Å². The summed E-state index contributed by atoms with van der Waals surface area (Å²) in [6.45, 7) is 4.54. The normalized spacial score (nSPS) is 23.3. The molecule has 3 heterocycles. The summed E-state index contributed by atoms with van der Waals surface area (Å²) in [6, 6.07) is 0. The average Bonchev–Trinajstić information content (AvgIpc) is 3.18. The molecular weight excluding hydrogens is 292 g/mol. The largest absolute Gasteiger partial charge is 0.381 e. The molecular formula is C17H28N4O2. The van der Waals surface area contributed by atoms with E-state index in [2.05, 4.69) is 22.4 Å². The Labute approximate surface area is 138 Å². The number of hydrogen-bond donors (Lipinski definition) is 1. The molecule has 6 heteroatoms. The minimum Gasteiger partial charge on any atom is -0.381 e. The first-order valence-corrected chi connectivity index (χ1v) is 8.71. The van der Waals surface area contributed by atoms with Crippen molar-refractivity contribution in [1.29, 1.82) is 0 Å². The molecule has 2 aliphatic heterocycles. The summed E-state index contributed by atoms with van der Waals surface area (Å²) in [5, 5.41) is 7.58. The fraction of sp³-hybridized carbons (Fsp3) is 0.765. The summed E-state index contributed by atoms with van der Waals surface area (Å²) >= 11 is 0. The molecule has 2 saturated heterocycles. The number of carbonyl (C=O) groups is 1. The zero-order valence-corrected chi connectivity index (χ0v) is 14.3. The number of piperidine rings is 1. The van der Waals surface area contributed by atoms with Gasteiger partial charge in [0, 0.05) is 32.3 Å². The van der Waals surface area contributed by atoms with Crippen molar-refractivity contribution in [3.8, 4) is 0 Å². The fourth-order valence-corrected chi connectivity index (χ4v) is 3.57. The van der Waals surface area contributed by atoms with E-state index in [9.17, 15) is 4.79 Å². The summed E-state index contributed by atoms with van der Waals surface area (Å²) in [7, 11) is 4.04. The minimum atomic E-state index is 0.00734. The van der Waals surface area contributed by atoms with Gasteiger partial charge in [0.2, 0.25) is 0 Å². The van der Waals surface area contributed by atoms with Crippen molar-refractivity contribution < 1.29 is 9.53 Å². The average molecular weight is 320 g/mol. The molecule has 1 aromatic rings. The first kappa shape index (κ1) is 16.5. The molecule has 0 aliphatic carbocycles. The molecule has 0 spiro atoms. The maximum absolute atomic E-state index is 12.5. The molecule has 1 N–H and O–H groups in total. The monoisotopic (exact) mass is 320 g/mol. The molecule has 0 aromatic carbocycles. The van der Waals surface area contributed by atoms with Crippen LogP contribution >= 0.6 is 0 Å². The van der Waals surface area contributed by atoms with Crippen LogP contribution in [0.1, 0.15) is 47.7 Å². The van der Waals surface area contributed by atoms with Crippen molar-refractivity contribution in [2.75, 3.05) is 39.9 Å². The van der Waals surface area contributed by atoms with Gasteiger partial charge in [0.1, 0.15) is 0 Å². The van der Waals surface area contributed by atoms with Gasteiger partial charge in [-0.25, -0.2) is 0 Å². The number of hydrogen-bond acceptors (Lipinski definition) is 4. The first-order valence-electron chi connectivity index (χ1n) is 8.71. The number of nitrogens with zero attached hydrogens (tertiary/aromatic N) is 3. The van der Waals surface area contributed by atoms with Crippen LogP contribution in [0.3, 0.4) is 0 Å². The molecule has 6 nitrogen and oxygen atoms in total. The third-order valence-electron chi connectivity index (χ3n) is 5.09. The number of amides is 1. The Hall–Kier alpha value is -1.40. The van der Waals surface area contributed by atoms with Crippen LogP contribution in [0.15, 0.2) is 6.20 Å². The molecule has 128 valence electrons. The van der Waals surface area contributed by atoms with Crippen LogP contribution in [0.2, 0.25) is 0 Å². The number of aryl methyl sites for hydroxylation is 1. The summed E-state index contributed by atoms with van der Waals surface area (Å²) in [6.07, 6.45) is 6.33. The molecule has 2 fully saturated rings. The zero-order valence-electron chi connectivity index (χ0n) is 14.3. The quantitative estimate of drug-likeness (QED) is 0.890. The number of likely N-dealkylation sites (tertiary alicyclic amines) is 1. The third kappa shape index (κ3) is 4.12. The van der Waals surface area contributed by atoms with Crippen molar-refractivity contribution in [3.63, 3.8) is 0 Å². The lowest BCUT2D eigenvalue weighted by Crippen LogP contribution is -2.33. The van der Waals surface area contributed by atoms with Crippen molar-refractivity contribution in [2.45, 2.75) is 31.6 Å². The zero-order chi connectivity index (χ0) is 16.2. The smallest absolute Gasteiger partial charge is 0.254 e. The summed E-state index contributed by atoms with van der Waals surface area (Å²) in [4.78, 5) is 14.9. The van der Waals surface area contributed by atoms with Crippen molar-refractivity contribution in [3.05, 3.63) is 17.5 Å². The van der Waals surface area contributed by atoms with Gasteiger partial charge in [-0.15, -0.1) is 0 Å². The molecule has 3 rings (SSSR count). The summed E-state index contributed by atoms with van der Waals surface area (Å²) < 4.78 is 7.18. The van der Waals surface area contributed by atoms with Gasteiger partial charge in [-0.3, -0.25) is 9.48 Å². The summed E-state index contributed by atoms with van der Waals surface area (Å²) in [5.41, 5.74) is 1.60. The Bertz CT molecular complexity index is 529. The maximum Gasteiger partial charge on any atom is 0.254 e. The molecule has 1 amide bonds. The predicted molar refractivity (Wildman–Crippen MR) is 88.6 cm³/mol. The van der Waals surface area contributed by atoms with Crippen LogP contribution < -0.4 is 5.32 Å². The van der Waals surface area contributed by atoms with E-state index in [-0.39, 0.29) is 11.8 Å². The van der Waals surface area contributed by atoms with Gasteiger partial charge < -0.3 is 15.0 Å². The lowest BCUT2D eigenvalue weighted by atomic mass is 9.94. The molecule has 1 atom stereocenters. The highest BCUT2D eigenvalue weighted by molar-refractivity contribution is 5.95. The third-order valence-corrected chi connectivity index (χ3v) is 5.09. The van der Waals surface area contributed by atoms with Crippen LogP contribution in [0, 0.1) is 5.92 Å². The highest BCUT2D eigenvalue weighted by Gasteiger charge is 2.26. The van der Waals surface area contributed by atoms with Gasteiger partial charge in [-0.1, -0.05) is 0 Å². The fourth-order valence-electron chi connectivity index (χ4n) is 3.57. The van der Waals surface area contributed by atoms with Crippen LogP contribution in [0.5, 0.6) is 0 Å². The lowest BCUT2D eigenvalue weighted by Gasteiger charge is -2.28. The Kier molecular flexibility index (Phi) is 5.33. The molecule has 1 aromatic heterocycles. The van der Waals surface area contributed by atoms with E-state index in [1.54, 1.807) is 4.68 Å². The minimum absolute atomic E-state index is 0.00734. The second-order valence-electron chi connectivity index (χ2n) is 6.95. The molecule has 0 unspecified atom stereocenters. The van der Waals surface area contributed by atoms with E-state index in [4.69, 9.17) is 4.74 Å². The number of nitrogens with one attached hydrogen (secondary N) is 1. The van der Waals surface area contributed by atoms with Gasteiger partial charge >= 0.3 is 0 Å². The number of ether oxygens (including phenoxy) is 1. The van der Waals surface area contributed by atoms with Crippen molar-refractivity contribution in [1.82, 2.24) is 20.0 Å². The van der Waals surface area contributed by atoms with Gasteiger partial charge in [-0.05, 0) is 51.7 Å². The van der Waals surface area contributed by atoms with E-state index in [0.717, 1.165) is 37.6 Å². The standard InChI is InChI=1S/C17H28N4O2/c1-20-8-4-13(5-9-20)3-7-18-17(22)15-11-21(2)19-16(15)14-6-10-23-12-14/h11,13-14H,3-10,12H2,1-2H3,(H,18,22)/t14-/m1/s1. The second kappa shape index (κ2) is 7.45. The Balaban J connectivity index is 1.52. The van der Waals surface area contributed by atoms with Gasteiger partial charge in [0.05, 0.1) is 17.9 Å². The number of aromatic nitrogens is 2. The topological polar surface area (TPSA) is 59.4 Å². The highest BCUT2D eigenvalue weighted by Crippen LogP contribution is 2.26.